The molecule has 1 saturated heterocycles. The molecule has 2 atom stereocenters. The molecule has 0 bridgehead atoms. The number of fused-ring (bicyclic) bond motifs is 1. The van der Waals surface area contributed by atoms with E-state index < -0.39 is 6.04 Å². The molecule has 0 spiro atoms. The molecule has 2 heterocycles. The molecule has 4 rings (SSSR count). The number of likely N-dealkylation sites (N-methyl/N-ethyl adjacent to an activating group) is 1. The van der Waals surface area contributed by atoms with Gasteiger partial charge in [-0.15, -0.1) is 0 Å². The van der Waals surface area contributed by atoms with Crippen molar-refractivity contribution in [3.8, 4) is 0 Å². The highest BCUT2D eigenvalue weighted by molar-refractivity contribution is 6.32. The number of urea groups is 1. The van der Waals surface area contributed by atoms with Crippen LogP contribution in [0.5, 0.6) is 0 Å². The third-order valence-corrected chi connectivity index (χ3v) is 6.14. The molecule has 0 aromatic heterocycles. The number of benzene rings is 2. The van der Waals surface area contributed by atoms with Crippen LogP contribution in [0.3, 0.4) is 0 Å². The Labute approximate surface area is 184 Å². The van der Waals surface area contributed by atoms with Crippen molar-refractivity contribution in [3.63, 3.8) is 0 Å². The number of ether oxygens (including phenoxy) is 1. The Morgan fingerprint density at radius 2 is 1.81 bits per heavy atom. The first-order chi connectivity index (χ1) is 14.9. The second-order valence-electron chi connectivity index (χ2n) is 8.52. The van der Waals surface area contributed by atoms with E-state index >= 15 is 0 Å². The zero-order chi connectivity index (χ0) is 22.0. The Bertz CT molecular complexity index is 966. The first-order valence-corrected chi connectivity index (χ1v) is 10.7. The molecule has 0 radical (unpaired) electrons. The van der Waals surface area contributed by atoms with Crippen molar-refractivity contribution in [2.75, 3.05) is 37.9 Å². The maximum atomic E-state index is 13.1. The lowest BCUT2D eigenvalue weighted by Crippen LogP contribution is -2.45. The zero-order valence-electron chi connectivity index (χ0n) is 18.4. The van der Waals surface area contributed by atoms with Crippen LogP contribution in [0, 0.1) is 0 Å². The van der Waals surface area contributed by atoms with Gasteiger partial charge in [-0.2, -0.15) is 0 Å². The summed E-state index contributed by atoms with van der Waals surface area (Å²) >= 11 is 0. The van der Waals surface area contributed by atoms with Gasteiger partial charge in [0.05, 0.1) is 6.10 Å². The number of rotatable bonds is 4. The molecule has 0 aliphatic carbocycles. The monoisotopic (exact) mass is 420 g/mol. The van der Waals surface area contributed by atoms with Crippen LogP contribution in [0.4, 0.5) is 16.2 Å². The molecule has 0 saturated carbocycles. The lowest BCUT2D eigenvalue weighted by Gasteiger charge is -2.26. The van der Waals surface area contributed by atoms with Crippen molar-refractivity contribution in [3.05, 3.63) is 53.6 Å². The van der Waals surface area contributed by atoms with Crippen molar-refractivity contribution < 1.29 is 14.3 Å². The Balaban J connectivity index is 1.46. The van der Waals surface area contributed by atoms with Crippen LogP contribution in [-0.2, 0) is 22.5 Å². The molecule has 1 unspecified atom stereocenters. The number of nitrogens with one attached hydrogen (secondary N) is 2. The van der Waals surface area contributed by atoms with E-state index in [9.17, 15) is 9.59 Å². The van der Waals surface area contributed by atoms with Gasteiger partial charge in [0.1, 0.15) is 13.9 Å². The lowest BCUT2D eigenvalue weighted by atomic mass is 9.96. The van der Waals surface area contributed by atoms with Gasteiger partial charge in [0.25, 0.3) is 0 Å². The molecule has 3 amide bonds. The molecule has 2 aliphatic rings. The van der Waals surface area contributed by atoms with E-state index in [4.69, 9.17) is 4.74 Å². The minimum absolute atomic E-state index is 0.168. The van der Waals surface area contributed by atoms with Gasteiger partial charge in [0.15, 0.2) is 0 Å². The van der Waals surface area contributed by atoms with E-state index in [0.717, 1.165) is 30.7 Å². The number of likely N-dealkylation sites (tertiary alicyclic amines) is 1. The van der Waals surface area contributed by atoms with E-state index in [1.54, 1.807) is 12.0 Å². The summed E-state index contributed by atoms with van der Waals surface area (Å²) < 4.78 is 5.47. The topological polar surface area (TPSA) is 73.9 Å². The summed E-state index contributed by atoms with van der Waals surface area (Å²) in [6, 6.07) is 12.8. The van der Waals surface area contributed by atoms with Gasteiger partial charge in [0.2, 0.25) is 5.91 Å². The normalized spacial score (nSPS) is 20.9. The van der Waals surface area contributed by atoms with E-state index in [2.05, 4.69) is 34.7 Å². The smallest absolute Gasteiger partial charge is 0.322 e. The number of hydrogen-bond donors (Lipinski definition) is 2. The third kappa shape index (κ3) is 4.91. The lowest BCUT2D eigenvalue weighted by molar-refractivity contribution is -0.119. The molecular formula is C23H29BN4O3. The first kappa shape index (κ1) is 21.4. The highest BCUT2D eigenvalue weighted by atomic mass is 16.5. The molecule has 1 fully saturated rings. The Hall–Kier alpha value is -2.84. The van der Waals surface area contributed by atoms with Crippen molar-refractivity contribution in [1.29, 1.82) is 0 Å². The van der Waals surface area contributed by atoms with Crippen LogP contribution in [0.25, 0.3) is 0 Å². The number of methoxy groups -OCH3 is 1. The number of anilines is 2. The Morgan fingerprint density at radius 3 is 2.55 bits per heavy atom. The number of hydrogen-bond acceptors (Lipinski definition) is 4. The first-order valence-electron chi connectivity index (χ1n) is 10.7. The second kappa shape index (κ2) is 9.12. The summed E-state index contributed by atoms with van der Waals surface area (Å²) in [5.74, 6) is -0.188. The van der Waals surface area contributed by atoms with E-state index in [1.165, 1.54) is 11.1 Å². The maximum Gasteiger partial charge on any atom is 0.322 e. The third-order valence-electron chi connectivity index (χ3n) is 6.14. The summed E-state index contributed by atoms with van der Waals surface area (Å²) in [5, 5.41) is 5.91. The molecule has 8 heteroatoms. The quantitative estimate of drug-likeness (QED) is 0.730. The number of carbonyl (C=O) groups is 2. The van der Waals surface area contributed by atoms with E-state index in [1.807, 2.05) is 38.2 Å². The standard InChI is InChI=1S/C23H29BN4O3/c1-27-10-9-15-11-19(6-3-16(15)13-27)25-22(29)21-12-20(31-2)14-28(21)23(30)26-18-7-4-17(24)5-8-18/h3-8,11,20-21H,9-10,12-14,24H2,1-2H3,(H,25,29)(H,26,30)/t20?,21-/m1/s1. The predicted molar refractivity (Wildman–Crippen MR) is 125 cm³/mol. The highest BCUT2D eigenvalue weighted by Gasteiger charge is 2.40. The number of carbonyl (C=O) groups excluding carboxylic acids is 2. The van der Waals surface area contributed by atoms with Crippen molar-refractivity contribution >= 4 is 36.6 Å². The van der Waals surface area contributed by atoms with Crippen LogP contribution in [0.2, 0.25) is 0 Å². The SMILES string of the molecule is Bc1ccc(NC(=O)N2CC(OC)C[C@@H]2C(=O)Nc2ccc3c(c2)CCN(C)C3)cc1. The van der Waals surface area contributed by atoms with Gasteiger partial charge >= 0.3 is 6.03 Å². The summed E-state index contributed by atoms with van der Waals surface area (Å²) in [7, 11) is 5.72. The van der Waals surface area contributed by atoms with E-state index in [0.29, 0.717) is 18.7 Å². The van der Waals surface area contributed by atoms with Gasteiger partial charge in [-0.3, -0.25) is 4.79 Å². The molecular weight excluding hydrogens is 391 g/mol. The fraction of sp³-hybridized carbons (Fsp3) is 0.391. The van der Waals surface area contributed by atoms with Crippen molar-refractivity contribution in [1.82, 2.24) is 9.80 Å². The molecule has 7 nitrogen and oxygen atoms in total. The van der Waals surface area contributed by atoms with Gasteiger partial charge in [-0.25, -0.2) is 4.79 Å². The molecule has 2 aromatic rings. The van der Waals surface area contributed by atoms with Gasteiger partial charge in [-0.05, 0) is 48.9 Å². The predicted octanol–water partition coefficient (Wildman–Crippen LogP) is 1.19. The average Bonchev–Trinajstić information content (AvgIpc) is 3.20. The van der Waals surface area contributed by atoms with Crippen molar-refractivity contribution in [2.24, 2.45) is 0 Å². The average molecular weight is 420 g/mol. The molecule has 2 aromatic carbocycles. The fourth-order valence-corrected chi connectivity index (χ4v) is 4.27. The summed E-state index contributed by atoms with van der Waals surface area (Å²) in [5.41, 5.74) is 5.16. The Morgan fingerprint density at radius 1 is 1.06 bits per heavy atom. The largest absolute Gasteiger partial charge is 0.380 e. The van der Waals surface area contributed by atoms with Crippen LogP contribution in [0.15, 0.2) is 42.5 Å². The van der Waals surface area contributed by atoms with Gasteiger partial charge in [0, 0.05) is 44.5 Å². The van der Waals surface area contributed by atoms with Crippen molar-refractivity contribution in [2.45, 2.75) is 31.5 Å². The van der Waals surface area contributed by atoms with E-state index in [-0.39, 0.29) is 18.0 Å². The number of nitrogens with zero attached hydrogens (tertiary/aromatic N) is 2. The Kier molecular flexibility index (Phi) is 6.29. The second-order valence-corrected chi connectivity index (χ2v) is 8.52. The molecule has 162 valence electrons. The van der Waals surface area contributed by atoms with Crippen LogP contribution >= 0.6 is 0 Å². The van der Waals surface area contributed by atoms with Gasteiger partial charge < -0.3 is 25.2 Å². The summed E-state index contributed by atoms with van der Waals surface area (Å²) in [4.78, 5) is 29.9. The molecule has 2 aliphatic heterocycles. The minimum atomic E-state index is -0.586. The molecule has 2 N–H and O–H groups in total. The zero-order valence-corrected chi connectivity index (χ0v) is 18.4. The number of amides is 3. The van der Waals surface area contributed by atoms with Crippen LogP contribution < -0.4 is 16.1 Å². The van der Waals surface area contributed by atoms with Gasteiger partial charge in [-0.1, -0.05) is 23.7 Å². The summed E-state index contributed by atoms with van der Waals surface area (Å²) in [6.07, 6.45) is 1.27. The summed E-state index contributed by atoms with van der Waals surface area (Å²) in [6.45, 7) is 2.31. The maximum absolute atomic E-state index is 13.1. The van der Waals surface area contributed by atoms with Crippen LogP contribution in [-0.4, -0.2) is 69.0 Å². The van der Waals surface area contributed by atoms with Crippen LogP contribution in [0.1, 0.15) is 17.5 Å². The highest BCUT2D eigenvalue weighted by Crippen LogP contribution is 2.25. The minimum Gasteiger partial charge on any atom is -0.380 e. The molecule has 31 heavy (non-hydrogen) atoms. The fourth-order valence-electron chi connectivity index (χ4n) is 4.27.